The maximum absolute atomic E-state index is 12.1. The van der Waals surface area contributed by atoms with Gasteiger partial charge in [0, 0.05) is 12.9 Å². The molecule has 0 unspecified atom stereocenters. The topological polar surface area (TPSA) is 113 Å². The molecular formula is C15H21NO6S. The van der Waals surface area contributed by atoms with E-state index in [-0.39, 0.29) is 23.8 Å². The fraction of sp³-hybridized carbons (Fsp3) is 0.533. The van der Waals surface area contributed by atoms with Crippen molar-refractivity contribution in [2.24, 2.45) is 0 Å². The first-order valence-corrected chi connectivity index (χ1v) is 9.19. The number of aliphatic hydroxyl groups excluding tert-OH is 2. The number of carbonyl (C=O) groups excluding carboxylic acids is 1. The maximum atomic E-state index is 12.1. The van der Waals surface area contributed by atoms with E-state index in [1.165, 1.54) is 12.1 Å². The van der Waals surface area contributed by atoms with Gasteiger partial charge in [-0.2, -0.15) is 0 Å². The number of aliphatic hydroxyl groups is 2. The van der Waals surface area contributed by atoms with E-state index >= 15 is 0 Å². The number of hydrogen-bond acceptors (Lipinski definition) is 6. The molecule has 1 heterocycles. The first-order chi connectivity index (χ1) is 10.8. The Morgan fingerprint density at radius 2 is 2.00 bits per heavy atom. The Balaban J connectivity index is 1.94. The van der Waals surface area contributed by atoms with Crippen LogP contribution in [-0.2, 0) is 25.8 Å². The minimum absolute atomic E-state index is 0.0813. The van der Waals surface area contributed by atoms with Crippen LogP contribution in [0.3, 0.4) is 0 Å². The molecule has 3 N–H and O–H groups in total. The summed E-state index contributed by atoms with van der Waals surface area (Å²) >= 11 is 0. The van der Waals surface area contributed by atoms with Gasteiger partial charge in [-0.3, -0.25) is 4.79 Å². The lowest BCUT2D eigenvalue weighted by Gasteiger charge is -2.34. The third kappa shape index (κ3) is 4.74. The molecule has 1 fully saturated rings. The summed E-state index contributed by atoms with van der Waals surface area (Å²) < 4.78 is 28.0. The van der Waals surface area contributed by atoms with Crippen LogP contribution < -0.4 is 5.32 Å². The fourth-order valence-corrected chi connectivity index (χ4v) is 3.12. The molecule has 128 valence electrons. The van der Waals surface area contributed by atoms with E-state index in [1.54, 1.807) is 12.1 Å². The van der Waals surface area contributed by atoms with Crippen LogP contribution in [-0.4, -0.2) is 62.3 Å². The van der Waals surface area contributed by atoms with Crippen LogP contribution in [0.15, 0.2) is 29.2 Å². The molecule has 2 rings (SSSR count). The van der Waals surface area contributed by atoms with Crippen LogP contribution in [0.5, 0.6) is 0 Å². The van der Waals surface area contributed by atoms with Gasteiger partial charge in [0.2, 0.25) is 5.91 Å². The third-order valence-electron chi connectivity index (χ3n) is 3.80. The van der Waals surface area contributed by atoms with Gasteiger partial charge >= 0.3 is 0 Å². The molecule has 7 nitrogen and oxygen atoms in total. The summed E-state index contributed by atoms with van der Waals surface area (Å²) in [4.78, 5) is 12.3. The van der Waals surface area contributed by atoms with Crippen LogP contribution in [0.4, 0.5) is 0 Å². The van der Waals surface area contributed by atoms with E-state index in [0.29, 0.717) is 18.6 Å². The fourth-order valence-electron chi connectivity index (χ4n) is 2.49. The average molecular weight is 343 g/mol. The van der Waals surface area contributed by atoms with Gasteiger partial charge < -0.3 is 20.3 Å². The van der Waals surface area contributed by atoms with Crippen molar-refractivity contribution in [2.75, 3.05) is 19.5 Å². The number of amides is 1. The van der Waals surface area contributed by atoms with Crippen LogP contribution in [0.25, 0.3) is 0 Å². The van der Waals surface area contributed by atoms with Gasteiger partial charge in [0.1, 0.15) is 12.2 Å². The van der Waals surface area contributed by atoms with Crippen LogP contribution in [0, 0.1) is 0 Å². The molecule has 0 radical (unpaired) electrons. The van der Waals surface area contributed by atoms with Gasteiger partial charge in [-0.15, -0.1) is 0 Å². The Kier molecular flexibility index (Phi) is 5.74. The van der Waals surface area contributed by atoms with Crippen molar-refractivity contribution < 1.29 is 28.2 Å². The van der Waals surface area contributed by atoms with Crippen molar-refractivity contribution in [1.82, 2.24) is 5.32 Å². The average Bonchev–Trinajstić information content (AvgIpc) is 2.49. The van der Waals surface area contributed by atoms with Gasteiger partial charge in [0.15, 0.2) is 9.84 Å². The molecule has 3 atom stereocenters. The second-order valence-corrected chi connectivity index (χ2v) is 7.65. The molecule has 1 saturated heterocycles. The Hall–Kier alpha value is -1.48. The molecule has 1 aromatic rings. The van der Waals surface area contributed by atoms with Crippen molar-refractivity contribution in [1.29, 1.82) is 0 Å². The highest BCUT2D eigenvalue weighted by atomic mass is 32.2. The van der Waals surface area contributed by atoms with Crippen molar-refractivity contribution in [3.05, 3.63) is 29.8 Å². The number of sulfone groups is 1. The zero-order valence-electron chi connectivity index (χ0n) is 12.8. The summed E-state index contributed by atoms with van der Waals surface area (Å²) in [6.07, 6.45) is 0.0288. The number of carbonyl (C=O) groups is 1. The minimum Gasteiger partial charge on any atom is -0.394 e. The van der Waals surface area contributed by atoms with Crippen molar-refractivity contribution in [2.45, 2.75) is 36.0 Å². The second kappa shape index (κ2) is 7.39. The summed E-state index contributed by atoms with van der Waals surface area (Å²) in [6, 6.07) is 5.63. The van der Waals surface area contributed by atoms with Gasteiger partial charge in [0.25, 0.3) is 0 Å². The normalized spacial score (nSPS) is 25.1. The Labute approximate surface area is 135 Å². The molecule has 0 spiro atoms. The summed E-state index contributed by atoms with van der Waals surface area (Å²) in [5.74, 6) is -0.278. The van der Waals surface area contributed by atoms with Gasteiger partial charge in [0.05, 0.1) is 24.0 Å². The Morgan fingerprint density at radius 1 is 1.35 bits per heavy atom. The lowest BCUT2D eigenvalue weighted by Crippen LogP contribution is -2.54. The lowest BCUT2D eigenvalue weighted by atomic mass is 9.99. The van der Waals surface area contributed by atoms with Crippen LogP contribution in [0.1, 0.15) is 12.0 Å². The van der Waals surface area contributed by atoms with E-state index in [4.69, 9.17) is 9.84 Å². The van der Waals surface area contributed by atoms with E-state index in [1.807, 2.05) is 0 Å². The molecule has 0 aliphatic carbocycles. The van der Waals surface area contributed by atoms with Crippen molar-refractivity contribution >= 4 is 15.7 Å². The highest BCUT2D eigenvalue weighted by Gasteiger charge is 2.33. The molecule has 8 heteroatoms. The molecule has 1 amide bonds. The van der Waals surface area contributed by atoms with Crippen molar-refractivity contribution in [3.63, 3.8) is 0 Å². The monoisotopic (exact) mass is 343 g/mol. The number of ether oxygens (including phenoxy) is 1. The number of nitrogens with one attached hydrogen (secondary N) is 1. The minimum atomic E-state index is -3.26. The standard InChI is InChI=1S/C15H21NO6S/c1-23(20,21)11-4-2-10(3-5-11)8-14(18)16-12-6-7-22-13(9-17)15(12)19/h2-5,12-13,15,17,19H,6-9H2,1H3,(H,16,18)/t12-,13+,15-/m0/s1. The number of benzene rings is 1. The highest BCUT2D eigenvalue weighted by molar-refractivity contribution is 7.90. The zero-order valence-corrected chi connectivity index (χ0v) is 13.6. The molecule has 0 saturated carbocycles. The zero-order chi connectivity index (χ0) is 17.0. The predicted octanol–water partition coefficient (Wildman–Crippen LogP) is -0.740. The molecule has 23 heavy (non-hydrogen) atoms. The number of hydrogen-bond donors (Lipinski definition) is 3. The summed E-state index contributed by atoms with van der Waals surface area (Å²) in [6.45, 7) is 0.0524. The molecule has 1 aliphatic heterocycles. The Morgan fingerprint density at radius 3 is 2.57 bits per heavy atom. The largest absolute Gasteiger partial charge is 0.394 e. The SMILES string of the molecule is CS(=O)(=O)c1ccc(CC(=O)N[C@H]2CCO[C@H](CO)[C@H]2O)cc1. The predicted molar refractivity (Wildman–Crippen MR) is 82.6 cm³/mol. The van der Waals surface area contributed by atoms with Gasteiger partial charge in [-0.05, 0) is 24.1 Å². The van der Waals surface area contributed by atoms with Gasteiger partial charge in [-0.25, -0.2) is 8.42 Å². The summed E-state index contributed by atoms with van der Waals surface area (Å²) in [5, 5.41) is 21.8. The van der Waals surface area contributed by atoms with E-state index in [2.05, 4.69) is 5.32 Å². The smallest absolute Gasteiger partial charge is 0.224 e. The molecule has 1 aromatic carbocycles. The second-order valence-electron chi connectivity index (χ2n) is 5.64. The summed E-state index contributed by atoms with van der Waals surface area (Å²) in [7, 11) is -3.26. The maximum Gasteiger partial charge on any atom is 0.224 e. The quantitative estimate of drug-likeness (QED) is 0.649. The molecule has 1 aliphatic rings. The van der Waals surface area contributed by atoms with Crippen LogP contribution >= 0.6 is 0 Å². The first-order valence-electron chi connectivity index (χ1n) is 7.30. The first kappa shape index (κ1) is 17.9. The van der Waals surface area contributed by atoms with Crippen LogP contribution in [0.2, 0.25) is 0 Å². The van der Waals surface area contributed by atoms with E-state index < -0.39 is 28.1 Å². The van der Waals surface area contributed by atoms with E-state index in [0.717, 1.165) is 6.26 Å². The molecule has 0 bridgehead atoms. The van der Waals surface area contributed by atoms with Gasteiger partial charge in [-0.1, -0.05) is 12.1 Å². The summed E-state index contributed by atoms with van der Waals surface area (Å²) in [5.41, 5.74) is 0.676. The van der Waals surface area contributed by atoms with E-state index in [9.17, 15) is 18.3 Å². The third-order valence-corrected chi connectivity index (χ3v) is 4.92. The molecular weight excluding hydrogens is 322 g/mol. The van der Waals surface area contributed by atoms with Crippen molar-refractivity contribution in [3.8, 4) is 0 Å². The lowest BCUT2D eigenvalue weighted by molar-refractivity contribution is -0.131. The number of rotatable bonds is 5. The molecule has 0 aromatic heterocycles. The Bertz CT molecular complexity index is 642. The highest BCUT2D eigenvalue weighted by Crippen LogP contribution is 2.15.